The van der Waals surface area contributed by atoms with Gasteiger partial charge in [-0.1, -0.05) is 25.5 Å². The van der Waals surface area contributed by atoms with Gasteiger partial charge in [-0.15, -0.1) is 0 Å². The third-order valence-electron chi connectivity index (χ3n) is 7.43. The van der Waals surface area contributed by atoms with Crippen molar-refractivity contribution in [3.05, 3.63) is 29.8 Å². The number of methoxy groups -OCH3 is 1. The van der Waals surface area contributed by atoms with Gasteiger partial charge in [-0.2, -0.15) is 0 Å². The van der Waals surface area contributed by atoms with Crippen molar-refractivity contribution in [2.75, 3.05) is 79.2 Å². The maximum absolute atomic E-state index is 12.5. The van der Waals surface area contributed by atoms with E-state index in [1.54, 1.807) is 17.0 Å². The Hall–Kier alpha value is -3.26. The van der Waals surface area contributed by atoms with Crippen LogP contribution in [0.25, 0.3) is 0 Å². The number of carbonyl (C=O) groups is 4. The summed E-state index contributed by atoms with van der Waals surface area (Å²) in [6.45, 7) is 6.51. The van der Waals surface area contributed by atoms with E-state index in [1.165, 1.54) is 7.11 Å². The molecule has 0 spiro atoms. The molecule has 13 heteroatoms. The molecule has 13 nitrogen and oxygen atoms in total. The smallest absolute Gasteiger partial charge is 0.321 e. The molecular weight excluding hydrogens is 548 g/mol. The minimum absolute atomic E-state index is 0.0224. The van der Waals surface area contributed by atoms with Gasteiger partial charge in [0, 0.05) is 52.4 Å². The summed E-state index contributed by atoms with van der Waals surface area (Å²) in [6.07, 6.45) is 1.33. The molecule has 1 heterocycles. The number of carboxylic acid groups (broad SMARTS) is 3. The largest absolute Gasteiger partial charge is 0.494 e. The fourth-order valence-corrected chi connectivity index (χ4v) is 5.12. The molecule has 1 fully saturated rings. The molecule has 1 aromatic carbocycles. The van der Waals surface area contributed by atoms with Gasteiger partial charge in [0.15, 0.2) is 0 Å². The van der Waals surface area contributed by atoms with Crippen molar-refractivity contribution < 1.29 is 44.0 Å². The zero-order chi connectivity index (χ0) is 31.1. The summed E-state index contributed by atoms with van der Waals surface area (Å²) in [5.74, 6) is -2.72. The van der Waals surface area contributed by atoms with Crippen molar-refractivity contribution in [3.8, 4) is 5.75 Å². The number of carboxylic acids is 3. The number of nitrogens with zero attached hydrogens (tertiary/aromatic N) is 4. The fraction of sp³-hybridized carbons (Fsp3) is 0.655. The number of benzene rings is 1. The fourth-order valence-electron chi connectivity index (χ4n) is 5.12. The summed E-state index contributed by atoms with van der Waals surface area (Å²) in [6, 6.07) is 5.63. The molecule has 0 aromatic heterocycles. The van der Waals surface area contributed by atoms with Gasteiger partial charge < -0.3 is 24.8 Å². The molecule has 2 rings (SSSR count). The van der Waals surface area contributed by atoms with Gasteiger partial charge in [0.1, 0.15) is 17.8 Å². The Labute approximate surface area is 247 Å². The van der Waals surface area contributed by atoms with Crippen LogP contribution in [0.4, 0.5) is 0 Å². The van der Waals surface area contributed by atoms with Gasteiger partial charge in [0.05, 0.1) is 26.8 Å². The van der Waals surface area contributed by atoms with Crippen molar-refractivity contribution in [3.63, 3.8) is 0 Å². The van der Waals surface area contributed by atoms with Crippen LogP contribution < -0.4 is 4.74 Å². The van der Waals surface area contributed by atoms with Crippen LogP contribution in [0.3, 0.4) is 0 Å². The Bertz CT molecular complexity index is 1010. The maximum atomic E-state index is 12.5. The molecular formula is C29H46N4O9. The van der Waals surface area contributed by atoms with Crippen LogP contribution in [0.2, 0.25) is 0 Å². The maximum Gasteiger partial charge on any atom is 0.321 e. The molecule has 1 saturated heterocycles. The normalized spacial score (nSPS) is 18.3. The van der Waals surface area contributed by atoms with E-state index in [2.05, 4.69) is 0 Å². The van der Waals surface area contributed by atoms with Crippen LogP contribution in [-0.4, -0.2) is 150 Å². The number of hydrogen-bond acceptors (Lipinski definition) is 10. The van der Waals surface area contributed by atoms with Gasteiger partial charge in [-0.25, -0.2) is 0 Å². The molecule has 1 aliphatic rings. The lowest BCUT2D eigenvalue weighted by molar-refractivity contribution is -0.146. The van der Waals surface area contributed by atoms with Crippen LogP contribution in [-0.2, 0) is 30.3 Å². The summed E-state index contributed by atoms with van der Waals surface area (Å²) in [5, 5.41) is 29.7. The minimum Gasteiger partial charge on any atom is -0.494 e. The first-order chi connectivity index (χ1) is 20.1. The molecule has 3 N–H and O–H groups in total. The molecule has 0 radical (unpaired) electrons. The quantitative estimate of drug-likeness (QED) is 0.260. The summed E-state index contributed by atoms with van der Waals surface area (Å²) in [5.41, 5.74) is 0.817. The standard InChI is InChI=1S/C29H46N4O9/c1-4-6-24(28(37)38)32-15-11-30(20-26(34)35)12-17-33(18-14-31(13-16-32)21-27(36)41-3)25(29(39)40)19-22-7-9-23(10-8-22)42-5-2/h7-10,24-25H,4-6,11-21H2,1-3H3,(H,34,35)(H,37,38)(H,39,40). The van der Waals surface area contributed by atoms with E-state index in [0.717, 1.165) is 5.56 Å². The molecule has 1 aromatic rings. The lowest BCUT2D eigenvalue weighted by Crippen LogP contribution is -2.53. The number of esters is 1. The van der Waals surface area contributed by atoms with Crippen molar-refractivity contribution >= 4 is 23.9 Å². The lowest BCUT2D eigenvalue weighted by Gasteiger charge is -2.37. The monoisotopic (exact) mass is 594 g/mol. The van der Waals surface area contributed by atoms with Crippen LogP contribution in [0.5, 0.6) is 5.75 Å². The van der Waals surface area contributed by atoms with Gasteiger partial charge in [0.25, 0.3) is 0 Å². The van der Waals surface area contributed by atoms with E-state index < -0.39 is 36.0 Å². The van der Waals surface area contributed by atoms with Gasteiger partial charge in [-0.05, 0) is 37.5 Å². The first-order valence-electron chi connectivity index (χ1n) is 14.5. The number of ether oxygens (including phenoxy) is 2. The van der Waals surface area contributed by atoms with Gasteiger partial charge in [0.2, 0.25) is 0 Å². The van der Waals surface area contributed by atoms with Crippen molar-refractivity contribution in [2.24, 2.45) is 0 Å². The SMILES string of the molecule is CCCC(C(=O)O)N1CCN(CC(=O)O)CCN(C(Cc2ccc(OCC)cc2)C(=O)O)CCN(CC(=O)OC)CC1. The highest BCUT2D eigenvalue weighted by Gasteiger charge is 2.30. The van der Waals surface area contributed by atoms with Crippen LogP contribution in [0.15, 0.2) is 24.3 Å². The van der Waals surface area contributed by atoms with E-state index in [4.69, 9.17) is 9.47 Å². The Morgan fingerprint density at radius 3 is 1.69 bits per heavy atom. The topological polar surface area (TPSA) is 160 Å². The van der Waals surface area contributed by atoms with Crippen LogP contribution >= 0.6 is 0 Å². The Morgan fingerprint density at radius 2 is 1.26 bits per heavy atom. The molecule has 0 bridgehead atoms. The molecule has 2 atom stereocenters. The highest BCUT2D eigenvalue weighted by molar-refractivity contribution is 5.74. The molecule has 42 heavy (non-hydrogen) atoms. The van der Waals surface area contributed by atoms with E-state index in [1.807, 2.05) is 40.7 Å². The molecule has 0 aliphatic carbocycles. The predicted octanol–water partition coefficient (Wildman–Crippen LogP) is 0.814. The lowest BCUT2D eigenvalue weighted by atomic mass is 10.0. The molecule has 0 saturated carbocycles. The summed E-state index contributed by atoms with van der Waals surface area (Å²) in [4.78, 5) is 55.7. The highest BCUT2D eigenvalue weighted by Crippen LogP contribution is 2.17. The van der Waals surface area contributed by atoms with Crippen molar-refractivity contribution in [2.45, 2.75) is 45.2 Å². The zero-order valence-corrected chi connectivity index (χ0v) is 24.9. The highest BCUT2D eigenvalue weighted by atomic mass is 16.5. The number of carbonyl (C=O) groups excluding carboxylic acids is 1. The second-order valence-electron chi connectivity index (χ2n) is 10.4. The average Bonchev–Trinajstić information content (AvgIpc) is 2.94. The second kappa shape index (κ2) is 18.3. The van der Waals surface area contributed by atoms with E-state index in [9.17, 15) is 34.5 Å². The predicted molar refractivity (Wildman–Crippen MR) is 155 cm³/mol. The molecule has 0 amide bonds. The Morgan fingerprint density at radius 1 is 0.762 bits per heavy atom. The molecule has 1 aliphatic heterocycles. The van der Waals surface area contributed by atoms with E-state index in [-0.39, 0.29) is 32.6 Å². The number of hydrogen-bond donors (Lipinski definition) is 3. The summed E-state index contributed by atoms with van der Waals surface area (Å²) < 4.78 is 10.4. The molecule has 236 valence electrons. The minimum atomic E-state index is -1.02. The van der Waals surface area contributed by atoms with E-state index in [0.29, 0.717) is 64.5 Å². The zero-order valence-electron chi connectivity index (χ0n) is 24.9. The van der Waals surface area contributed by atoms with Crippen LogP contribution in [0.1, 0.15) is 32.3 Å². The summed E-state index contributed by atoms with van der Waals surface area (Å²) >= 11 is 0. The first-order valence-corrected chi connectivity index (χ1v) is 14.5. The summed E-state index contributed by atoms with van der Waals surface area (Å²) in [7, 11) is 1.30. The Kier molecular flexibility index (Phi) is 15.2. The van der Waals surface area contributed by atoms with Crippen LogP contribution in [0, 0.1) is 0 Å². The average molecular weight is 595 g/mol. The van der Waals surface area contributed by atoms with Gasteiger partial charge >= 0.3 is 23.9 Å². The first kappa shape index (κ1) is 34.9. The third kappa shape index (κ3) is 11.9. The third-order valence-corrected chi connectivity index (χ3v) is 7.43. The van der Waals surface area contributed by atoms with Gasteiger partial charge in [-0.3, -0.25) is 38.8 Å². The molecule has 2 unspecified atom stereocenters. The Balaban J connectivity index is 2.35. The number of aliphatic carboxylic acids is 3. The number of rotatable bonds is 14. The van der Waals surface area contributed by atoms with Crippen molar-refractivity contribution in [1.82, 2.24) is 19.6 Å². The second-order valence-corrected chi connectivity index (χ2v) is 10.4. The van der Waals surface area contributed by atoms with Crippen molar-refractivity contribution in [1.29, 1.82) is 0 Å². The van der Waals surface area contributed by atoms with E-state index >= 15 is 0 Å².